The fourth-order valence-electron chi connectivity index (χ4n) is 1.86. The Hall–Kier alpha value is -2.28. The second kappa shape index (κ2) is 7.49. The van der Waals surface area contributed by atoms with Crippen LogP contribution in [0, 0.1) is 0 Å². The first-order valence-electron chi connectivity index (χ1n) is 6.87. The molecule has 0 saturated carbocycles. The van der Waals surface area contributed by atoms with E-state index in [1.165, 1.54) is 0 Å². The van der Waals surface area contributed by atoms with E-state index in [1.807, 2.05) is 19.1 Å². The van der Waals surface area contributed by atoms with Gasteiger partial charge in [0.15, 0.2) is 5.69 Å². The number of carbonyl (C=O) groups is 1. The zero-order valence-corrected chi connectivity index (χ0v) is 12.2. The molecule has 0 saturated heterocycles. The van der Waals surface area contributed by atoms with Gasteiger partial charge < -0.3 is 9.47 Å². The summed E-state index contributed by atoms with van der Waals surface area (Å²) in [5, 5.41) is 7.95. The number of hydrogen-bond acceptors (Lipinski definition) is 6. The molecule has 2 aromatic heterocycles. The molecule has 0 bridgehead atoms. The van der Waals surface area contributed by atoms with Gasteiger partial charge >= 0.3 is 5.97 Å². The quantitative estimate of drug-likeness (QED) is 0.568. The fraction of sp³-hybridized carbons (Fsp3) is 0.429. The van der Waals surface area contributed by atoms with E-state index in [0.29, 0.717) is 31.1 Å². The average Bonchev–Trinajstić information content (AvgIpc) is 2.93. The van der Waals surface area contributed by atoms with Gasteiger partial charge in [-0.15, -0.1) is 5.10 Å². The highest BCUT2D eigenvalue weighted by Crippen LogP contribution is 2.20. The maximum absolute atomic E-state index is 12.0. The lowest BCUT2D eigenvalue weighted by molar-refractivity contribution is 0.0520. The van der Waals surface area contributed by atoms with Crippen LogP contribution in [0.15, 0.2) is 24.4 Å². The number of nitrogens with zero attached hydrogens (tertiary/aromatic N) is 4. The van der Waals surface area contributed by atoms with Crippen molar-refractivity contribution >= 4 is 5.97 Å². The summed E-state index contributed by atoms with van der Waals surface area (Å²) in [6.45, 7) is 5.56. The molecule has 0 aliphatic heterocycles. The van der Waals surface area contributed by atoms with Crippen LogP contribution in [-0.2, 0) is 16.0 Å². The van der Waals surface area contributed by atoms with Gasteiger partial charge in [-0.05, 0) is 26.0 Å². The molecule has 0 atom stereocenters. The number of hydrogen-bond donors (Lipinski definition) is 0. The Bertz CT molecular complexity index is 583. The van der Waals surface area contributed by atoms with Gasteiger partial charge in [-0.25, -0.2) is 9.48 Å². The zero-order valence-electron chi connectivity index (χ0n) is 12.2. The van der Waals surface area contributed by atoms with E-state index in [2.05, 4.69) is 15.3 Å². The lowest BCUT2D eigenvalue weighted by Gasteiger charge is -2.07. The van der Waals surface area contributed by atoms with Gasteiger partial charge in [-0.2, -0.15) is 0 Å². The maximum atomic E-state index is 12.0. The van der Waals surface area contributed by atoms with E-state index in [4.69, 9.17) is 9.47 Å². The molecule has 2 heterocycles. The lowest BCUT2D eigenvalue weighted by atomic mass is 10.2. The van der Waals surface area contributed by atoms with Crippen molar-refractivity contribution in [3.05, 3.63) is 30.1 Å². The van der Waals surface area contributed by atoms with Crippen molar-refractivity contribution in [2.45, 2.75) is 20.4 Å². The molecular formula is C14H18N4O3. The summed E-state index contributed by atoms with van der Waals surface area (Å²) < 4.78 is 12.0. The summed E-state index contributed by atoms with van der Waals surface area (Å²) in [7, 11) is 0. The van der Waals surface area contributed by atoms with Crippen LogP contribution in [0.5, 0.6) is 0 Å². The Morgan fingerprint density at radius 1 is 1.29 bits per heavy atom. The van der Waals surface area contributed by atoms with Gasteiger partial charge in [0.25, 0.3) is 0 Å². The minimum Gasteiger partial charge on any atom is -0.461 e. The van der Waals surface area contributed by atoms with E-state index < -0.39 is 5.97 Å². The van der Waals surface area contributed by atoms with Crippen molar-refractivity contribution < 1.29 is 14.3 Å². The summed E-state index contributed by atoms with van der Waals surface area (Å²) >= 11 is 0. The van der Waals surface area contributed by atoms with Gasteiger partial charge in [0.2, 0.25) is 0 Å². The third-order valence-electron chi connectivity index (χ3n) is 2.76. The summed E-state index contributed by atoms with van der Waals surface area (Å²) in [4.78, 5) is 16.2. The van der Waals surface area contributed by atoms with E-state index in [-0.39, 0.29) is 12.3 Å². The first kappa shape index (κ1) is 15.1. The topological polar surface area (TPSA) is 79.1 Å². The van der Waals surface area contributed by atoms with Gasteiger partial charge in [-0.1, -0.05) is 11.3 Å². The predicted octanol–water partition coefficient (Wildman–Crippen LogP) is 1.55. The molecule has 0 aliphatic carbocycles. The van der Waals surface area contributed by atoms with Crippen molar-refractivity contribution in [1.29, 1.82) is 0 Å². The second-order valence-electron chi connectivity index (χ2n) is 4.14. The molecule has 7 heteroatoms. The summed E-state index contributed by atoms with van der Waals surface area (Å²) in [5.74, 6) is -0.499. The Balaban J connectivity index is 2.35. The molecular weight excluding hydrogens is 272 g/mol. The predicted molar refractivity (Wildman–Crippen MR) is 75.7 cm³/mol. The summed E-state index contributed by atoms with van der Waals surface area (Å²) in [6.07, 6.45) is 1.66. The lowest BCUT2D eigenvalue weighted by Crippen LogP contribution is -2.11. The molecule has 21 heavy (non-hydrogen) atoms. The SMILES string of the molecule is CCOCCn1nnc(C(=O)OCC)c1-c1ccccn1. The van der Waals surface area contributed by atoms with Gasteiger partial charge in [0.1, 0.15) is 5.69 Å². The van der Waals surface area contributed by atoms with E-state index in [9.17, 15) is 4.79 Å². The van der Waals surface area contributed by atoms with Crippen molar-refractivity contribution in [3.63, 3.8) is 0 Å². The minimum atomic E-state index is -0.499. The van der Waals surface area contributed by atoms with Gasteiger partial charge in [-0.3, -0.25) is 4.98 Å². The largest absolute Gasteiger partial charge is 0.461 e. The second-order valence-corrected chi connectivity index (χ2v) is 4.14. The van der Waals surface area contributed by atoms with E-state index >= 15 is 0 Å². The van der Waals surface area contributed by atoms with Gasteiger partial charge in [0.05, 0.1) is 25.5 Å². The summed E-state index contributed by atoms with van der Waals surface area (Å²) in [6, 6.07) is 5.46. The van der Waals surface area contributed by atoms with Crippen molar-refractivity contribution in [2.75, 3.05) is 19.8 Å². The first-order valence-corrected chi connectivity index (χ1v) is 6.87. The molecule has 0 aromatic carbocycles. The van der Waals surface area contributed by atoms with Crippen LogP contribution in [0.4, 0.5) is 0 Å². The molecule has 0 N–H and O–H groups in total. The van der Waals surface area contributed by atoms with Crippen LogP contribution in [0.3, 0.4) is 0 Å². The maximum Gasteiger partial charge on any atom is 0.361 e. The monoisotopic (exact) mass is 290 g/mol. The molecule has 2 rings (SSSR count). The van der Waals surface area contributed by atoms with E-state index in [1.54, 1.807) is 23.9 Å². The van der Waals surface area contributed by atoms with Crippen LogP contribution >= 0.6 is 0 Å². The number of rotatable bonds is 7. The smallest absolute Gasteiger partial charge is 0.361 e. The highest BCUT2D eigenvalue weighted by Gasteiger charge is 2.22. The molecule has 7 nitrogen and oxygen atoms in total. The number of esters is 1. The number of pyridine rings is 1. The average molecular weight is 290 g/mol. The van der Waals surface area contributed by atoms with Crippen LogP contribution in [0.1, 0.15) is 24.3 Å². The number of carbonyl (C=O) groups excluding carboxylic acids is 1. The van der Waals surface area contributed by atoms with Crippen LogP contribution < -0.4 is 0 Å². The van der Waals surface area contributed by atoms with Crippen molar-refractivity contribution in [1.82, 2.24) is 20.0 Å². The molecule has 0 amide bonds. The molecule has 0 radical (unpaired) electrons. The van der Waals surface area contributed by atoms with E-state index in [0.717, 1.165) is 0 Å². The Morgan fingerprint density at radius 3 is 2.81 bits per heavy atom. The third-order valence-corrected chi connectivity index (χ3v) is 2.76. The Kier molecular flexibility index (Phi) is 5.39. The van der Waals surface area contributed by atoms with Crippen LogP contribution in [0.25, 0.3) is 11.4 Å². The first-order chi connectivity index (χ1) is 10.3. The van der Waals surface area contributed by atoms with Gasteiger partial charge in [0, 0.05) is 12.8 Å². The van der Waals surface area contributed by atoms with Crippen molar-refractivity contribution in [3.8, 4) is 11.4 Å². The third kappa shape index (κ3) is 3.63. The van der Waals surface area contributed by atoms with Crippen molar-refractivity contribution in [2.24, 2.45) is 0 Å². The molecule has 2 aromatic rings. The zero-order chi connectivity index (χ0) is 15.1. The summed E-state index contributed by atoms with van der Waals surface area (Å²) in [5.41, 5.74) is 1.35. The highest BCUT2D eigenvalue weighted by molar-refractivity contribution is 5.93. The molecule has 0 unspecified atom stereocenters. The Labute approximate surface area is 122 Å². The molecule has 0 aliphatic rings. The molecule has 0 spiro atoms. The minimum absolute atomic E-state index is 0.173. The standard InChI is InChI=1S/C14H18N4O3/c1-3-20-10-9-18-13(11-7-5-6-8-15-11)12(16-17-18)14(19)21-4-2/h5-8H,3-4,9-10H2,1-2H3. The van der Waals surface area contributed by atoms with Crippen LogP contribution in [-0.4, -0.2) is 45.8 Å². The normalized spacial score (nSPS) is 10.6. The number of aromatic nitrogens is 4. The highest BCUT2D eigenvalue weighted by atomic mass is 16.5. The fourth-order valence-corrected chi connectivity index (χ4v) is 1.86. The molecule has 0 fully saturated rings. The van der Waals surface area contributed by atoms with Crippen LogP contribution in [0.2, 0.25) is 0 Å². The Morgan fingerprint density at radius 2 is 2.14 bits per heavy atom. The number of ether oxygens (including phenoxy) is 2. The molecule has 112 valence electrons.